The lowest BCUT2D eigenvalue weighted by molar-refractivity contribution is 0.0828. The molecule has 5 nitrogen and oxygen atoms in total. The summed E-state index contributed by atoms with van der Waals surface area (Å²) < 4.78 is 2.25. The highest BCUT2D eigenvalue weighted by Crippen LogP contribution is 2.29. The number of nitrogens with two attached hydrogens (primary N) is 1. The molecule has 5 heteroatoms. The van der Waals surface area contributed by atoms with Gasteiger partial charge in [-0.2, -0.15) is 0 Å². The van der Waals surface area contributed by atoms with E-state index in [-0.39, 0.29) is 11.6 Å². The first-order valence-electron chi connectivity index (χ1n) is 8.36. The molecule has 1 aliphatic rings. The molecule has 0 saturated carbocycles. The van der Waals surface area contributed by atoms with Gasteiger partial charge in [0.15, 0.2) is 0 Å². The van der Waals surface area contributed by atoms with Crippen LogP contribution in [0.25, 0.3) is 0 Å². The lowest BCUT2D eigenvalue weighted by atomic mass is 9.85. The van der Waals surface area contributed by atoms with Crippen molar-refractivity contribution < 1.29 is 0 Å². The zero-order chi connectivity index (χ0) is 15.3. The van der Waals surface area contributed by atoms with Gasteiger partial charge in [-0.05, 0) is 45.7 Å². The first-order chi connectivity index (χ1) is 10.2. The molecule has 3 N–H and O–H groups in total. The van der Waals surface area contributed by atoms with Crippen molar-refractivity contribution in [2.24, 2.45) is 5.84 Å². The maximum absolute atomic E-state index is 5.93. The summed E-state index contributed by atoms with van der Waals surface area (Å²) >= 11 is 0. The van der Waals surface area contributed by atoms with E-state index in [2.05, 4.69) is 46.8 Å². The summed E-state index contributed by atoms with van der Waals surface area (Å²) in [5, 5.41) is 0. The zero-order valence-electron chi connectivity index (χ0n) is 13.8. The topological polar surface area (TPSA) is 59.1 Å². The van der Waals surface area contributed by atoms with Crippen molar-refractivity contribution in [3.05, 3.63) is 18.2 Å². The molecular weight excluding hydrogens is 262 g/mol. The minimum Gasteiger partial charge on any atom is -0.335 e. The largest absolute Gasteiger partial charge is 0.335 e. The Morgan fingerprint density at radius 1 is 1.38 bits per heavy atom. The van der Waals surface area contributed by atoms with Gasteiger partial charge in [-0.15, -0.1) is 0 Å². The van der Waals surface area contributed by atoms with Gasteiger partial charge in [0.25, 0.3) is 0 Å². The summed E-state index contributed by atoms with van der Waals surface area (Å²) in [4.78, 5) is 7.15. The fraction of sp³-hybridized carbons (Fsp3) is 0.812. The predicted molar refractivity (Wildman–Crippen MR) is 86.8 cm³/mol. The minimum absolute atomic E-state index is 0.0915. The molecule has 1 fully saturated rings. The fourth-order valence-corrected chi connectivity index (χ4v) is 3.53. The van der Waals surface area contributed by atoms with Crippen molar-refractivity contribution in [1.29, 1.82) is 0 Å². The Hall–Kier alpha value is -0.910. The number of aryl methyl sites for hydroxylation is 1. The van der Waals surface area contributed by atoms with Gasteiger partial charge in [0.1, 0.15) is 5.82 Å². The standard InChI is InChI=1S/C16H31N5/c1-4-9-20-12-8-18-15(20)13-14(19-17)16(3,5-2)21-10-6-7-11-21/h8,12,14,19H,4-7,9-11,13,17H2,1-3H3. The summed E-state index contributed by atoms with van der Waals surface area (Å²) in [6, 6.07) is 0.221. The molecule has 1 saturated heterocycles. The Morgan fingerprint density at radius 2 is 2.10 bits per heavy atom. The van der Waals surface area contributed by atoms with E-state index in [1.54, 1.807) is 0 Å². The van der Waals surface area contributed by atoms with Gasteiger partial charge in [0.05, 0.1) is 0 Å². The lowest BCUT2D eigenvalue weighted by Crippen LogP contribution is -2.61. The van der Waals surface area contributed by atoms with Crippen LogP contribution in [0.4, 0.5) is 0 Å². The first kappa shape index (κ1) is 16.5. The Kier molecular flexibility index (Phi) is 5.79. The molecule has 0 spiro atoms. The summed E-state index contributed by atoms with van der Waals surface area (Å²) in [6.07, 6.45) is 9.68. The number of hydrogen-bond acceptors (Lipinski definition) is 4. The molecule has 120 valence electrons. The molecule has 0 aliphatic carbocycles. The van der Waals surface area contributed by atoms with Crippen LogP contribution in [-0.2, 0) is 13.0 Å². The molecule has 0 amide bonds. The maximum Gasteiger partial charge on any atom is 0.110 e. The van der Waals surface area contributed by atoms with E-state index in [0.717, 1.165) is 31.6 Å². The van der Waals surface area contributed by atoms with Gasteiger partial charge in [-0.25, -0.2) is 4.98 Å². The van der Waals surface area contributed by atoms with Crippen LogP contribution in [0.3, 0.4) is 0 Å². The summed E-state index contributed by atoms with van der Waals surface area (Å²) in [5.41, 5.74) is 3.17. The third-order valence-electron chi connectivity index (χ3n) is 5.15. The highest BCUT2D eigenvalue weighted by atomic mass is 15.3. The van der Waals surface area contributed by atoms with Gasteiger partial charge >= 0.3 is 0 Å². The summed E-state index contributed by atoms with van der Waals surface area (Å²) in [5.74, 6) is 7.07. The van der Waals surface area contributed by atoms with Crippen molar-refractivity contribution >= 4 is 0 Å². The molecule has 1 aromatic heterocycles. The molecule has 21 heavy (non-hydrogen) atoms. The van der Waals surface area contributed by atoms with E-state index in [4.69, 9.17) is 5.84 Å². The lowest BCUT2D eigenvalue weighted by Gasteiger charge is -2.44. The number of rotatable bonds is 8. The van der Waals surface area contributed by atoms with E-state index in [9.17, 15) is 0 Å². The summed E-state index contributed by atoms with van der Waals surface area (Å²) in [7, 11) is 0. The molecule has 0 radical (unpaired) electrons. The van der Waals surface area contributed by atoms with E-state index in [0.29, 0.717) is 0 Å². The quantitative estimate of drug-likeness (QED) is 0.568. The number of nitrogens with zero attached hydrogens (tertiary/aromatic N) is 3. The van der Waals surface area contributed by atoms with Crippen LogP contribution in [0, 0.1) is 0 Å². The number of hydrogen-bond donors (Lipinski definition) is 2. The van der Waals surface area contributed by atoms with Crippen molar-refractivity contribution in [2.45, 2.75) is 71.0 Å². The van der Waals surface area contributed by atoms with Crippen LogP contribution in [0.5, 0.6) is 0 Å². The number of nitrogens with one attached hydrogen (secondary N) is 1. The van der Waals surface area contributed by atoms with Crippen molar-refractivity contribution in [3.8, 4) is 0 Å². The van der Waals surface area contributed by atoms with Gasteiger partial charge < -0.3 is 4.57 Å². The monoisotopic (exact) mass is 293 g/mol. The molecule has 1 aromatic rings. The van der Waals surface area contributed by atoms with E-state index >= 15 is 0 Å². The highest BCUT2D eigenvalue weighted by molar-refractivity contribution is 5.04. The number of hydrazine groups is 1. The van der Waals surface area contributed by atoms with Crippen molar-refractivity contribution in [1.82, 2.24) is 19.9 Å². The van der Waals surface area contributed by atoms with Gasteiger partial charge in [-0.3, -0.25) is 16.2 Å². The van der Waals surface area contributed by atoms with Crippen LogP contribution in [0.2, 0.25) is 0 Å². The maximum atomic E-state index is 5.93. The average Bonchev–Trinajstić information content (AvgIpc) is 3.16. The Balaban J connectivity index is 2.15. The second-order valence-electron chi connectivity index (χ2n) is 6.37. The molecule has 2 unspecified atom stereocenters. The van der Waals surface area contributed by atoms with Crippen LogP contribution >= 0.6 is 0 Å². The second kappa shape index (κ2) is 7.38. The van der Waals surface area contributed by atoms with Crippen LogP contribution in [0.1, 0.15) is 52.3 Å². The molecular formula is C16H31N5. The molecule has 2 atom stereocenters. The van der Waals surface area contributed by atoms with Crippen molar-refractivity contribution in [3.63, 3.8) is 0 Å². The predicted octanol–water partition coefficient (Wildman–Crippen LogP) is 1.93. The average molecular weight is 293 g/mol. The van der Waals surface area contributed by atoms with Crippen LogP contribution in [-0.4, -0.2) is 39.1 Å². The van der Waals surface area contributed by atoms with E-state index in [1.807, 2.05) is 6.20 Å². The van der Waals surface area contributed by atoms with Crippen LogP contribution < -0.4 is 11.3 Å². The Labute approximate surface area is 128 Å². The molecule has 0 aromatic carbocycles. The zero-order valence-corrected chi connectivity index (χ0v) is 13.8. The third-order valence-corrected chi connectivity index (χ3v) is 5.15. The third kappa shape index (κ3) is 3.47. The Bertz CT molecular complexity index is 424. The normalized spacial score (nSPS) is 20.6. The van der Waals surface area contributed by atoms with Gasteiger partial charge in [-0.1, -0.05) is 13.8 Å². The first-order valence-corrected chi connectivity index (χ1v) is 8.36. The second-order valence-corrected chi connectivity index (χ2v) is 6.37. The minimum atomic E-state index is 0.0915. The van der Waals surface area contributed by atoms with Gasteiger partial charge in [0, 0.05) is 36.9 Å². The van der Waals surface area contributed by atoms with Crippen LogP contribution in [0.15, 0.2) is 12.4 Å². The number of imidazole rings is 1. The molecule has 0 bridgehead atoms. The number of aromatic nitrogens is 2. The molecule has 2 heterocycles. The molecule has 2 rings (SSSR count). The van der Waals surface area contributed by atoms with Crippen molar-refractivity contribution in [2.75, 3.05) is 13.1 Å². The SMILES string of the molecule is CCCn1ccnc1CC(NN)C(C)(CC)N1CCCC1. The number of likely N-dealkylation sites (tertiary alicyclic amines) is 1. The summed E-state index contributed by atoms with van der Waals surface area (Å²) in [6.45, 7) is 10.2. The Morgan fingerprint density at radius 3 is 2.67 bits per heavy atom. The van der Waals surface area contributed by atoms with Gasteiger partial charge in [0.2, 0.25) is 0 Å². The van der Waals surface area contributed by atoms with E-state index in [1.165, 1.54) is 25.9 Å². The van der Waals surface area contributed by atoms with E-state index < -0.39 is 0 Å². The highest BCUT2D eigenvalue weighted by Gasteiger charge is 2.39. The smallest absolute Gasteiger partial charge is 0.110 e. The molecule has 1 aliphatic heterocycles. The fourth-order valence-electron chi connectivity index (χ4n) is 3.53.